The fourth-order valence-electron chi connectivity index (χ4n) is 1.63. The van der Waals surface area contributed by atoms with Crippen molar-refractivity contribution in [3.63, 3.8) is 0 Å². The molecule has 2 rings (SSSR count). The lowest BCUT2D eigenvalue weighted by molar-refractivity contribution is -0.0519. The van der Waals surface area contributed by atoms with Crippen molar-refractivity contribution in [2.75, 3.05) is 18.9 Å². The number of hydrogen-bond acceptors (Lipinski definition) is 4. The van der Waals surface area contributed by atoms with E-state index < -0.39 is 6.10 Å². The Labute approximate surface area is 101 Å². The van der Waals surface area contributed by atoms with Gasteiger partial charge < -0.3 is 20.3 Å². The number of aliphatic hydroxyl groups is 1. The molecule has 0 heterocycles. The lowest BCUT2D eigenvalue weighted by atomic mass is 9.96. The predicted octanol–water partition coefficient (Wildman–Crippen LogP) is 1.58. The lowest BCUT2D eigenvalue weighted by Crippen LogP contribution is -2.30. The minimum absolute atomic E-state index is 0.209. The monoisotopic (exact) mass is 237 g/mol. The van der Waals surface area contributed by atoms with Gasteiger partial charge in [0.1, 0.15) is 18.5 Å². The van der Waals surface area contributed by atoms with Gasteiger partial charge in [0.25, 0.3) is 0 Å². The zero-order valence-corrected chi connectivity index (χ0v) is 9.84. The molecule has 0 bridgehead atoms. The van der Waals surface area contributed by atoms with Crippen LogP contribution in [0.3, 0.4) is 0 Å². The Bertz CT molecular complexity index is 352. The SMILES string of the molecule is Nc1ccccc1OCC(O)COC1CCC1. The van der Waals surface area contributed by atoms with Crippen molar-refractivity contribution in [3.05, 3.63) is 24.3 Å². The molecule has 1 saturated carbocycles. The van der Waals surface area contributed by atoms with Crippen molar-refractivity contribution in [2.24, 2.45) is 0 Å². The second kappa shape index (κ2) is 5.89. The van der Waals surface area contributed by atoms with Crippen molar-refractivity contribution in [1.29, 1.82) is 0 Å². The second-order valence-corrected chi connectivity index (χ2v) is 4.39. The molecule has 1 aliphatic carbocycles. The summed E-state index contributed by atoms with van der Waals surface area (Å²) in [4.78, 5) is 0. The van der Waals surface area contributed by atoms with Crippen LogP contribution < -0.4 is 10.5 Å². The molecule has 17 heavy (non-hydrogen) atoms. The summed E-state index contributed by atoms with van der Waals surface area (Å²) in [5.74, 6) is 0.607. The maximum Gasteiger partial charge on any atom is 0.142 e. The van der Waals surface area contributed by atoms with Crippen molar-refractivity contribution in [1.82, 2.24) is 0 Å². The molecule has 0 spiro atoms. The highest BCUT2D eigenvalue weighted by atomic mass is 16.5. The quantitative estimate of drug-likeness (QED) is 0.737. The Hall–Kier alpha value is -1.26. The van der Waals surface area contributed by atoms with E-state index in [1.807, 2.05) is 12.1 Å². The van der Waals surface area contributed by atoms with Crippen LogP contribution in [0.5, 0.6) is 5.75 Å². The number of para-hydroxylation sites is 2. The average molecular weight is 237 g/mol. The third kappa shape index (κ3) is 3.61. The van der Waals surface area contributed by atoms with Gasteiger partial charge in [-0.3, -0.25) is 0 Å². The van der Waals surface area contributed by atoms with Crippen molar-refractivity contribution in [2.45, 2.75) is 31.5 Å². The van der Waals surface area contributed by atoms with Gasteiger partial charge in [0.05, 0.1) is 18.4 Å². The van der Waals surface area contributed by atoms with Gasteiger partial charge in [-0.2, -0.15) is 0 Å². The van der Waals surface area contributed by atoms with Crippen molar-refractivity contribution >= 4 is 5.69 Å². The highest BCUT2D eigenvalue weighted by Gasteiger charge is 2.19. The largest absolute Gasteiger partial charge is 0.489 e. The highest BCUT2D eigenvalue weighted by molar-refractivity contribution is 5.51. The highest BCUT2D eigenvalue weighted by Crippen LogP contribution is 2.22. The Morgan fingerprint density at radius 3 is 2.71 bits per heavy atom. The lowest BCUT2D eigenvalue weighted by Gasteiger charge is -2.26. The molecule has 1 fully saturated rings. The zero-order valence-electron chi connectivity index (χ0n) is 9.84. The maximum atomic E-state index is 9.68. The van der Waals surface area contributed by atoms with Crippen molar-refractivity contribution < 1.29 is 14.6 Å². The molecule has 0 aliphatic heterocycles. The van der Waals surface area contributed by atoms with Gasteiger partial charge in [-0.25, -0.2) is 0 Å². The normalized spacial score (nSPS) is 17.5. The number of hydrogen-bond donors (Lipinski definition) is 2. The van der Waals surface area contributed by atoms with E-state index >= 15 is 0 Å². The van der Waals surface area contributed by atoms with Gasteiger partial charge in [0.2, 0.25) is 0 Å². The first-order valence-corrected chi connectivity index (χ1v) is 6.02. The Morgan fingerprint density at radius 2 is 2.06 bits per heavy atom. The Kier molecular flexibility index (Phi) is 4.23. The van der Waals surface area contributed by atoms with E-state index in [-0.39, 0.29) is 6.61 Å². The van der Waals surface area contributed by atoms with E-state index in [0.29, 0.717) is 24.1 Å². The molecule has 4 heteroatoms. The summed E-state index contributed by atoms with van der Waals surface area (Å²) in [6, 6.07) is 7.25. The summed E-state index contributed by atoms with van der Waals surface area (Å²) in [5.41, 5.74) is 6.30. The van der Waals surface area contributed by atoms with Crippen LogP contribution in [0.25, 0.3) is 0 Å². The number of benzene rings is 1. The molecule has 1 aromatic rings. The molecule has 94 valence electrons. The van der Waals surface area contributed by atoms with E-state index in [2.05, 4.69) is 0 Å². The molecule has 0 saturated heterocycles. The fraction of sp³-hybridized carbons (Fsp3) is 0.538. The first-order chi connectivity index (χ1) is 8.25. The van der Waals surface area contributed by atoms with Gasteiger partial charge >= 0.3 is 0 Å². The summed E-state index contributed by atoms with van der Waals surface area (Å²) in [5, 5.41) is 9.68. The van der Waals surface area contributed by atoms with E-state index in [1.54, 1.807) is 12.1 Å². The second-order valence-electron chi connectivity index (χ2n) is 4.39. The predicted molar refractivity (Wildman–Crippen MR) is 65.9 cm³/mol. The van der Waals surface area contributed by atoms with Gasteiger partial charge in [-0.05, 0) is 31.4 Å². The van der Waals surface area contributed by atoms with Crippen LogP contribution in [-0.2, 0) is 4.74 Å². The first-order valence-electron chi connectivity index (χ1n) is 6.02. The minimum Gasteiger partial charge on any atom is -0.489 e. The summed E-state index contributed by atoms with van der Waals surface area (Å²) in [6.45, 7) is 0.540. The Balaban J connectivity index is 1.68. The van der Waals surface area contributed by atoms with Gasteiger partial charge in [-0.1, -0.05) is 12.1 Å². The molecule has 0 aromatic heterocycles. The molecule has 0 radical (unpaired) electrons. The number of aliphatic hydroxyl groups excluding tert-OH is 1. The van der Waals surface area contributed by atoms with Crippen LogP contribution in [-0.4, -0.2) is 30.5 Å². The molecule has 1 aromatic carbocycles. The minimum atomic E-state index is -0.602. The van der Waals surface area contributed by atoms with Crippen LogP contribution in [0.1, 0.15) is 19.3 Å². The van der Waals surface area contributed by atoms with Crippen LogP contribution >= 0.6 is 0 Å². The zero-order chi connectivity index (χ0) is 12.1. The van der Waals surface area contributed by atoms with E-state index in [9.17, 15) is 5.11 Å². The molecular weight excluding hydrogens is 218 g/mol. The Morgan fingerprint density at radius 1 is 1.29 bits per heavy atom. The number of rotatable bonds is 6. The van der Waals surface area contributed by atoms with Crippen LogP contribution in [0.4, 0.5) is 5.69 Å². The molecular formula is C13H19NO3. The molecule has 0 amide bonds. The summed E-state index contributed by atoms with van der Waals surface area (Å²) in [6.07, 6.45) is 3.19. The topological polar surface area (TPSA) is 64.7 Å². The third-order valence-corrected chi connectivity index (χ3v) is 2.93. The molecule has 3 N–H and O–H groups in total. The summed E-state index contributed by atoms with van der Waals surface area (Å²) < 4.78 is 10.9. The third-order valence-electron chi connectivity index (χ3n) is 2.93. The van der Waals surface area contributed by atoms with Crippen LogP contribution in [0, 0.1) is 0 Å². The summed E-state index contributed by atoms with van der Waals surface area (Å²) >= 11 is 0. The fourth-order valence-corrected chi connectivity index (χ4v) is 1.63. The molecule has 1 atom stereocenters. The average Bonchev–Trinajstić information content (AvgIpc) is 2.26. The molecule has 4 nitrogen and oxygen atoms in total. The van der Waals surface area contributed by atoms with E-state index in [4.69, 9.17) is 15.2 Å². The number of nitrogens with two attached hydrogens (primary N) is 1. The number of ether oxygens (including phenoxy) is 2. The standard InChI is InChI=1S/C13H19NO3/c14-12-6-1-2-7-13(12)17-9-10(15)8-16-11-4-3-5-11/h1-2,6-7,10-11,15H,3-5,8-9,14H2. The van der Waals surface area contributed by atoms with Crippen molar-refractivity contribution in [3.8, 4) is 5.75 Å². The first kappa shape index (κ1) is 12.2. The van der Waals surface area contributed by atoms with Gasteiger partial charge in [-0.15, -0.1) is 0 Å². The van der Waals surface area contributed by atoms with Crippen LogP contribution in [0.15, 0.2) is 24.3 Å². The van der Waals surface area contributed by atoms with Gasteiger partial charge in [0.15, 0.2) is 0 Å². The maximum absolute atomic E-state index is 9.68. The molecule has 1 aliphatic rings. The van der Waals surface area contributed by atoms with Crippen LogP contribution in [0.2, 0.25) is 0 Å². The van der Waals surface area contributed by atoms with Gasteiger partial charge in [0, 0.05) is 0 Å². The van der Waals surface area contributed by atoms with E-state index in [0.717, 1.165) is 12.8 Å². The summed E-state index contributed by atoms with van der Waals surface area (Å²) in [7, 11) is 0. The molecule has 1 unspecified atom stereocenters. The smallest absolute Gasteiger partial charge is 0.142 e. The number of nitrogen functional groups attached to an aromatic ring is 1. The number of anilines is 1. The van der Waals surface area contributed by atoms with E-state index in [1.165, 1.54) is 6.42 Å².